The van der Waals surface area contributed by atoms with Crippen LogP contribution in [0, 0.1) is 0 Å². The average Bonchev–Trinajstić information content (AvgIpc) is 2.86. The van der Waals surface area contributed by atoms with Crippen LogP contribution >= 0.6 is 7.60 Å². The van der Waals surface area contributed by atoms with Crippen LogP contribution in [0.1, 0.15) is 49.5 Å². The third-order valence-electron chi connectivity index (χ3n) is 6.19. The van der Waals surface area contributed by atoms with E-state index in [1.807, 2.05) is 30.3 Å². The van der Waals surface area contributed by atoms with Crippen molar-refractivity contribution in [1.82, 2.24) is 10.3 Å². The van der Waals surface area contributed by atoms with Crippen molar-refractivity contribution >= 4 is 42.4 Å². The van der Waals surface area contributed by atoms with Gasteiger partial charge < -0.3 is 25.7 Å². The van der Waals surface area contributed by atoms with E-state index in [0.29, 0.717) is 23.5 Å². The molecule has 0 aliphatic carbocycles. The zero-order valence-electron chi connectivity index (χ0n) is 21.0. The van der Waals surface area contributed by atoms with E-state index in [1.54, 1.807) is 51.1 Å². The van der Waals surface area contributed by atoms with Crippen LogP contribution in [-0.4, -0.2) is 33.3 Å². The number of nitrogens with zero attached hydrogens (tertiary/aromatic N) is 1. The lowest BCUT2D eigenvalue weighted by molar-refractivity contribution is 0.102. The van der Waals surface area contributed by atoms with E-state index in [9.17, 15) is 23.9 Å². The fourth-order valence-corrected chi connectivity index (χ4v) is 5.42. The number of carbonyl (C=O) groups is 2. The molecule has 3 aromatic rings. The van der Waals surface area contributed by atoms with Crippen LogP contribution in [0.15, 0.2) is 66.9 Å². The highest BCUT2D eigenvalue weighted by Crippen LogP contribution is 2.60. The monoisotopic (exact) mass is 525 g/mol. The normalized spacial score (nSPS) is 11.5. The van der Waals surface area contributed by atoms with Gasteiger partial charge in [-0.3, -0.25) is 14.7 Å². The minimum Gasteiger partial charge on any atom is -0.355 e. The number of hydrogen-bond donors (Lipinski definition) is 6. The maximum atomic E-state index is 13.2. The van der Waals surface area contributed by atoms with Crippen LogP contribution in [0.3, 0.4) is 0 Å². The quantitative estimate of drug-likeness (QED) is 0.194. The molecule has 2 aromatic carbocycles. The Labute approximate surface area is 216 Å². The van der Waals surface area contributed by atoms with Gasteiger partial charge in [-0.1, -0.05) is 44.2 Å². The van der Waals surface area contributed by atoms with Crippen molar-refractivity contribution in [3.8, 4) is 0 Å². The molecule has 0 aliphatic heterocycles. The number of anilines is 4. The minimum absolute atomic E-state index is 0.237. The summed E-state index contributed by atoms with van der Waals surface area (Å²) < 4.78 is 12.3. The van der Waals surface area contributed by atoms with E-state index in [-0.39, 0.29) is 24.2 Å². The molecule has 0 unspecified atom stereocenters. The number of nitrogens with one attached hydrogen (secondary N) is 4. The highest BCUT2D eigenvalue weighted by atomic mass is 31.2. The molecule has 196 valence electrons. The summed E-state index contributed by atoms with van der Waals surface area (Å²) in [5.41, 5.74) is 2.37. The van der Waals surface area contributed by atoms with Gasteiger partial charge in [-0.05, 0) is 49.6 Å². The molecule has 0 bridgehead atoms. The largest absolute Gasteiger partial charge is 0.355 e. The van der Waals surface area contributed by atoms with Crippen molar-refractivity contribution < 1.29 is 23.9 Å². The Balaban J connectivity index is 1.88. The van der Waals surface area contributed by atoms with Crippen molar-refractivity contribution in [1.29, 1.82) is 0 Å². The van der Waals surface area contributed by atoms with Gasteiger partial charge >= 0.3 is 13.6 Å². The lowest BCUT2D eigenvalue weighted by Crippen LogP contribution is -2.28. The number of hydrogen-bond acceptors (Lipinski definition) is 5. The first-order chi connectivity index (χ1) is 17.6. The smallest absolute Gasteiger partial charge is 0.335 e. The van der Waals surface area contributed by atoms with Crippen molar-refractivity contribution in [3.63, 3.8) is 0 Å². The standard InChI is InChI=1S/C26H32N5O5P/c1-4-26(5-2,37(34,35)36)18-12-14-20(15-13-18)30-24(32)21-17-28-23(31-25(33)27-6-3)16-22(21)29-19-10-8-7-9-11-19/h7-17H,4-6H2,1-3H3,(H,30,32)(H2,34,35,36)(H3,27,28,29,31,33). The Morgan fingerprint density at radius 1 is 0.919 bits per heavy atom. The zero-order valence-corrected chi connectivity index (χ0v) is 21.9. The molecule has 0 atom stereocenters. The minimum atomic E-state index is -4.42. The summed E-state index contributed by atoms with van der Waals surface area (Å²) in [6, 6.07) is 16.9. The Morgan fingerprint density at radius 3 is 2.14 bits per heavy atom. The molecule has 10 nitrogen and oxygen atoms in total. The van der Waals surface area contributed by atoms with Gasteiger partial charge in [0.05, 0.1) is 16.4 Å². The first-order valence-electron chi connectivity index (χ1n) is 12.0. The molecule has 3 rings (SSSR count). The lowest BCUT2D eigenvalue weighted by atomic mass is 9.92. The van der Waals surface area contributed by atoms with Crippen molar-refractivity contribution in [2.75, 3.05) is 22.5 Å². The van der Waals surface area contributed by atoms with Crippen LogP contribution in [0.5, 0.6) is 0 Å². The Bertz CT molecular complexity index is 1270. The van der Waals surface area contributed by atoms with Gasteiger partial charge in [-0.15, -0.1) is 0 Å². The number of rotatable bonds is 10. The van der Waals surface area contributed by atoms with Crippen LogP contribution in [-0.2, 0) is 9.72 Å². The van der Waals surface area contributed by atoms with E-state index < -0.39 is 24.7 Å². The number of para-hydroxylation sites is 1. The molecule has 0 aliphatic rings. The number of amides is 3. The number of pyridine rings is 1. The number of aromatic nitrogens is 1. The SMILES string of the molecule is CCNC(=O)Nc1cc(Nc2ccccc2)c(C(=O)Nc2ccc(C(CC)(CC)P(=O)(O)O)cc2)cn1. The van der Waals surface area contributed by atoms with Crippen LogP contribution in [0.4, 0.5) is 27.7 Å². The second-order valence-electron chi connectivity index (χ2n) is 8.40. The fourth-order valence-electron chi connectivity index (χ4n) is 4.11. The van der Waals surface area contributed by atoms with E-state index in [1.165, 1.54) is 6.20 Å². The lowest BCUT2D eigenvalue weighted by Gasteiger charge is -2.33. The zero-order chi connectivity index (χ0) is 27.1. The van der Waals surface area contributed by atoms with Gasteiger partial charge in [0, 0.05) is 30.2 Å². The van der Waals surface area contributed by atoms with Gasteiger partial charge in [-0.2, -0.15) is 0 Å². The number of urea groups is 1. The third kappa shape index (κ3) is 6.54. The summed E-state index contributed by atoms with van der Waals surface area (Å²) in [5.74, 6) is -0.186. The molecule has 1 aromatic heterocycles. The Kier molecular flexibility index (Phi) is 9.04. The summed E-state index contributed by atoms with van der Waals surface area (Å²) in [4.78, 5) is 49.3. The Hall–Kier alpha value is -3.72. The van der Waals surface area contributed by atoms with E-state index in [2.05, 4.69) is 26.3 Å². The maximum absolute atomic E-state index is 13.2. The molecule has 0 saturated heterocycles. The summed E-state index contributed by atoms with van der Waals surface area (Å²) in [6.07, 6.45) is 1.91. The first-order valence-corrected chi connectivity index (χ1v) is 13.6. The highest BCUT2D eigenvalue weighted by molar-refractivity contribution is 7.53. The topological polar surface area (TPSA) is 153 Å². The second kappa shape index (κ2) is 12.0. The van der Waals surface area contributed by atoms with Crippen molar-refractivity contribution in [2.24, 2.45) is 0 Å². The Morgan fingerprint density at radius 2 is 1.57 bits per heavy atom. The van der Waals surface area contributed by atoms with Gasteiger partial charge in [0.15, 0.2) is 0 Å². The van der Waals surface area contributed by atoms with Crippen LogP contribution in [0.25, 0.3) is 0 Å². The van der Waals surface area contributed by atoms with Gasteiger partial charge in [0.1, 0.15) is 5.82 Å². The predicted molar refractivity (Wildman–Crippen MR) is 145 cm³/mol. The molecule has 6 N–H and O–H groups in total. The molecule has 37 heavy (non-hydrogen) atoms. The summed E-state index contributed by atoms with van der Waals surface area (Å²) in [7, 11) is -4.42. The third-order valence-corrected chi connectivity index (χ3v) is 8.19. The molecule has 1 heterocycles. The highest BCUT2D eigenvalue weighted by Gasteiger charge is 2.45. The van der Waals surface area contributed by atoms with Crippen LogP contribution < -0.4 is 21.3 Å². The molecular weight excluding hydrogens is 493 g/mol. The van der Waals surface area contributed by atoms with E-state index >= 15 is 0 Å². The van der Waals surface area contributed by atoms with Crippen molar-refractivity contribution in [2.45, 2.75) is 38.8 Å². The number of benzene rings is 2. The first kappa shape index (κ1) is 27.9. The summed E-state index contributed by atoms with van der Waals surface area (Å²) in [5, 5.41) is 9.97. The van der Waals surface area contributed by atoms with E-state index in [0.717, 1.165) is 5.69 Å². The van der Waals surface area contributed by atoms with Gasteiger partial charge in [0.2, 0.25) is 0 Å². The van der Waals surface area contributed by atoms with Gasteiger partial charge in [0.25, 0.3) is 5.91 Å². The second-order valence-corrected chi connectivity index (χ2v) is 10.3. The molecule has 11 heteroatoms. The molecule has 0 spiro atoms. The fraction of sp³-hybridized carbons (Fsp3) is 0.269. The molecule has 0 fully saturated rings. The van der Waals surface area contributed by atoms with E-state index in [4.69, 9.17) is 0 Å². The summed E-state index contributed by atoms with van der Waals surface area (Å²) in [6.45, 7) is 5.74. The van der Waals surface area contributed by atoms with Gasteiger partial charge in [-0.25, -0.2) is 9.78 Å². The molecule has 0 saturated carbocycles. The predicted octanol–water partition coefficient (Wildman–Crippen LogP) is 5.41. The molecule has 3 amide bonds. The van der Waals surface area contributed by atoms with Crippen LogP contribution in [0.2, 0.25) is 0 Å². The average molecular weight is 526 g/mol. The summed E-state index contributed by atoms with van der Waals surface area (Å²) >= 11 is 0. The number of carbonyl (C=O) groups excluding carboxylic acids is 2. The molecular formula is C26H32N5O5P. The van der Waals surface area contributed by atoms with Crippen molar-refractivity contribution in [3.05, 3.63) is 78.0 Å². The molecule has 0 radical (unpaired) electrons. The maximum Gasteiger partial charge on any atom is 0.335 e.